The number of nitro groups is 1. The minimum atomic E-state index is -1.03. The van der Waals surface area contributed by atoms with Crippen LogP contribution in [0.5, 0.6) is 0 Å². The highest BCUT2D eigenvalue weighted by Gasteiger charge is 2.16. The van der Waals surface area contributed by atoms with Crippen molar-refractivity contribution >= 4 is 46.5 Å². The van der Waals surface area contributed by atoms with Crippen molar-refractivity contribution in [3.8, 4) is 0 Å². The second kappa shape index (κ2) is 7.91. The van der Waals surface area contributed by atoms with Gasteiger partial charge in [0.1, 0.15) is 0 Å². The van der Waals surface area contributed by atoms with Crippen LogP contribution in [0, 0.1) is 15.9 Å². The number of esters is 1. The van der Waals surface area contributed by atoms with E-state index in [1.165, 1.54) is 18.2 Å². The number of anilines is 1. The first-order chi connectivity index (χ1) is 11.8. The lowest BCUT2D eigenvalue weighted by molar-refractivity contribution is -0.387. The Morgan fingerprint density at radius 3 is 2.52 bits per heavy atom. The summed E-state index contributed by atoms with van der Waals surface area (Å²) in [6.07, 6.45) is 0. The summed E-state index contributed by atoms with van der Waals surface area (Å²) in [6.45, 7) is -0.649. The number of nitro benzene ring substituents is 1. The third-order valence-corrected chi connectivity index (χ3v) is 3.66. The molecule has 130 valence electrons. The maximum absolute atomic E-state index is 13.2. The lowest BCUT2D eigenvalue weighted by Gasteiger charge is -2.07. The molecule has 25 heavy (non-hydrogen) atoms. The van der Waals surface area contributed by atoms with Crippen LogP contribution in [-0.4, -0.2) is 23.4 Å². The zero-order chi connectivity index (χ0) is 18.6. The second-order valence-corrected chi connectivity index (χ2v) is 5.49. The van der Waals surface area contributed by atoms with Gasteiger partial charge in [-0.15, -0.1) is 0 Å². The van der Waals surface area contributed by atoms with E-state index in [4.69, 9.17) is 27.9 Å². The number of amides is 1. The number of carbonyl (C=O) groups is 2. The molecule has 2 aromatic carbocycles. The fourth-order valence-corrected chi connectivity index (χ4v) is 2.06. The number of hydrogen-bond acceptors (Lipinski definition) is 5. The Balaban J connectivity index is 1.96. The minimum absolute atomic E-state index is 0.0105. The molecule has 2 aromatic rings. The van der Waals surface area contributed by atoms with Crippen LogP contribution >= 0.6 is 23.2 Å². The van der Waals surface area contributed by atoms with Gasteiger partial charge >= 0.3 is 11.7 Å². The third kappa shape index (κ3) is 4.88. The van der Waals surface area contributed by atoms with Crippen molar-refractivity contribution in [3.63, 3.8) is 0 Å². The van der Waals surface area contributed by atoms with Crippen molar-refractivity contribution in [3.05, 3.63) is 67.9 Å². The van der Waals surface area contributed by atoms with Gasteiger partial charge in [-0.2, -0.15) is 4.39 Å². The van der Waals surface area contributed by atoms with Gasteiger partial charge in [-0.3, -0.25) is 14.9 Å². The maximum atomic E-state index is 13.2. The number of hydrogen-bond donors (Lipinski definition) is 1. The largest absolute Gasteiger partial charge is 0.452 e. The molecule has 7 nitrogen and oxygen atoms in total. The summed E-state index contributed by atoms with van der Waals surface area (Å²) in [5.41, 5.74) is -0.700. The van der Waals surface area contributed by atoms with Gasteiger partial charge < -0.3 is 10.1 Å². The fraction of sp³-hybridized carbons (Fsp3) is 0.0667. The molecule has 0 aliphatic heterocycles. The van der Waals surface area contributed by atoms with E-state index in [1.54, 1.807) is 0 Å². The quantitative estimate of drug-likeness (QED) is 0.478. The molecule has 1 N–H and O–H groups in total. The van der Waals surface area contributed by atoms with Crippen molar-refractivity contribution in [1.29, 1.82) is 0 Å². The van der Waals surface area contributed by atoms with Crippen LogP contribution in [0.3, 0.4) is 0 Å². The van der Waals surface area contributed by atoms with Crippen LogP contribution in [-0.2, 0) is 9.53 Å². The summed E-state index contributed by atoms with van der Waals surface area (Å²) in [4.78, 5) is 33.3. The highest BCUT2D eigenvalue weighted by atomic mass is 35.5. The number of rotatable bonds is 5. The second-order valence-electron chi connectivity index (χ2n) is 4.68. The summed E-state index contributed by atoms with van der Waals surface area (Å²) in [5.74, 6) is -2.60. The number of nitrogens with one attached hydrogen (secondary N) is 1. The number of benzene rings is 2. The molecule has 0 radical (unpaired) electrons. The number of ether oxygens (including phenoxy) is 1. The highest BCUT2D eigenvalue weighted by Crippen LogP contribution is 2.23. The smallest absolute Gasteiger partial charge is 0.338 e. The topological polar surface area (TPSA) is 98.5 Å². The predicted molar refractivity (Wildman–Crippen MR) is 88.4 cm³/mol. The molecule has 0 aliphatic carbocycles. The van der Waals surface area contributed by atoms with E-state index in [0.29, 0.717) is 0 Å². The average molecular weight is 387 g/mol. The van der Waals surface area contributed by atoms with Crippen molar-refractivity contribution in [2.45, 2.75) is 0 Å². The van der Waals surface area contributed by atoms with Crippen molar-refractivity contribution in [2.75, 3.05) is 11.9 Å². The first-order valence-electron chi connectivity index (χ1n) is 6.64. The Kier molecular flexibility index (Phi) is 5.89. The molecule has 10 heteroatoms. The molecule has 1 amide bonds. The number of halogens is 3. The lowest BCUT2D eigenvalue weighted by atomic mass is 10.2. The van der Waals surface area contributed by atoms with Gasteiger partial charge in [0.05, 0.1) is 20.5 Å². The first kappa shape index (κ1) is 18.6. The molecule has 0 atom stereocenters. The molecule has 0 heterocycles. The van der Waals surface area contributed by atoms with Crippen LogP contribution in [0.15, 0.2) is 36.4 Å². The van der Waals surface area contributed by atoms with E-state index in [-0.39, 0.29) is 21.3 Å². The molecule has 0 unspecified atom stereocenters. The standard InChI is InChI=1S/C15H9Cl2FN2O5/c16-10-3-1-8(5-11(10)17)15(22)25-7-14(21)19-9-2-4-12(18)13(6-9)20(23)24/h1-6H,7H2,(H,19,21). The summed E-state index contributed by atoms with van der Waals surface area (Å²) >= 11 is 11.5. The lowest BCUT2D eigenvalue weighted by Crippen LogP contribution is -2.21. The molecule has 0 saturated carbocycles. The van der Waals surface area contributed by atoms with Crippen LogP contribution in [0.1, 0.15) is 10.4 Å². The molecular weight excluding hydrogens is 378 g/mol. The molecule has 0 fully saturated rings. The molecule has 0 spiro atoms. The van der Waals surface area contributed by atoms with Gasteiger partial charge in [-0.25, -0.2) is 4.79 Å². The van der Waals surface area contributed by atoms with Crippen LogP contribution in [0.4, 0.5) is 15.8 Å². The van der Waals surface area contributed by atoms with Crippen LogP contribution < -0.4 is 5.32 Å². The Morgan fingerprint density at radius 2 is 1.88 bits per heavy atom. The zero-order valence-electron chi connectivity index (χ0n) is 12.3. The summed E-state index contributed by atoms with van der Waals surface area (Å²) < 4.78 is 18.0. The maximum Gasteiger partial charge on any atom is 0.338 e. The minimum Gasteiger partial charge on any atom is -0.452 e. The van der Waals surface area contributed by atoms with E-state index in [2.05, 4.69) is 5.32 Å². The summed E-state index contributed by atoms with van der Waals surface area (Å²) in [6, 6.07) is 6.90. The molecule has 0 saturated heterocycles. The Labute approximate surface area is 150 Å². The van der Waals surface area contributed by atoms with Gasteiger partial charge in [0.25, 0.3) is 5.91 Å². The van der Waals surface area contributed by atoms with Crippen molar-refractivity contribution < 1.29 is 23.6 Å². The SMILES string of the molecule is O=C(COC(=O)c1ccc(Cl)c(Cl)c1)Nc1ccc(F)c([N+](=O)[O-])c1. The van der Waals surface area contributed by atoms with Crippen molar-refractivity contribution in [2.24, 2.45) is 0 Å². The fourth-order valence-electron chi connectivity index (χ4n) is 1.76. The van der Waals surface area contributed by atoms with Crippen LogP contribution in [0.25, 0.3) is 0 Å². The van der Waals surface area contributed by atoms with E-state index in [0.717, 1.165) is 18.2 Å². The molecule has 0 bridgehead atoms. The summed E-state index contributed by atoms with van der Waals surface area (Å²) in [5, 5.41) is 13.3. The molecule has 0 aliphatic rings. The molecular formula is C15H9Cl2FN2O5. The number of carbonyl (C=O) groups excluding carboxylic acids is 2. The van der Waals surface area contributed by atoms with E-state index in [1.807, 2.05) is 0 Å². The zero-order valence-corrected chi connectivity index (χ0v) is 13.8. The van der Waals surface area contributed by atoms with Gasteiger partial charge in [0.15, 0.2) is 6.61 Å². The Hall–Kier alpha value is -2.71. The predicted octanol–water partition coefficient (Wildman–Crippen LogP) is 3.84. The van der Waals surface area contributed by atoms with E-state index < -0.39 is 34.9 Å². The van der Waals surface area contributed by atoms with Gasteiger partial charge in [-0.1, -0.05) is 23.2 Å². The summed E-state index contributed by atoms with van der Waals surface area (Å²) in [7, 11) is 0. The molecule has 2 rings (SSSR count). The van der Waals surface area contributed by atoms with Crippen LogP contribution in [0.2, 0.25) is 10.0 Å². The van der Waals surface area contributed by atoms with Gasteiger partial charge in [0.2, 0.25) is 5.82 Å². The molecule has 0 aromatic heterocycles. The number of nitrogens with zero attached hydrogens (tertiary/aromatic N) is 1. The van der Waals surface area contributed by atoms with Gasteiger partial charge in [0, 0.05) is 11.8 Å². The van der Waals surface area contributed by atoms with Crippen molar-refractivity contribution in [1.82, 2.24) is 0 Å². The van der Waals surface area contributed by atoms with E-state index >= 15 is 0 Å². The van der Waals surface area contributed by atoms with E-state index in [9.17, 15) is 24.1 Å². The Morgan fingerprint density at radius 1 is 1.16 bits per heavy atom. The third-order valence-electron chi connectivity index (χ3n) is 2.92. The van der Waals surface area contributed by atoms with Gasteiger partial charge in [-0.05, 0) is 30.3 Å². The first-order valence-corrected chi connectivity index (χ1v) is 7.39. The Bertz CT molecular complexity index is 860. The highest BCUT2D eigenvalue weighted by molar-refractivity contribution is 6.42. The monoisotopic (exact) mass is 386 g/mol. The normalized spacial score (nSPS) is 10.2. The average Bonchev–Trinajstić information content (AvgIpc) is 2.56.